The average molecular weight is 195 g/mol. The summed E-state index contributed by atoms with van der Waals surface area (Å²) in [5.74, 6) is 0.779. The zero-order valence-electron chi connectivity index (χ0n) is 8.18. The number of rotatable bonds is 2. The molecular formula is C11H17NS. The lowest BCUT2D eigenvalue weighted by atomic mass is 9.96. The van der Waals surface area contributed by atoms with E-state index in [0.29, 0.717) is 0 Å². The Balaban J connectivity index is 2.30. The lowest BCUT2D eigenvalue weighted by molar-refractivity contribution is 0.720. The molecule has 0 atom stereocenters. The first-order valence-electron chi connectivity index (χ1n) is 5.18. The predicted molar refractivity (Wildman–Crippen MR) is 59.3 cm³/mol. The highest BCUT2D eigenvalue weighted by Crippen LogP contribution is 2.41. The maximum absolute atomic E-state index is 6.01. The summed E-state index contributed by atoms with van der Waals surface area (Å²) in [6.07, 6.45) is 6.64. The van der Waals surface area contributed by atoms with Crippen LogP contribution in [0.2, 0.25) is 0 Å². The van der Waals surface area contributed by atoms with Crippen LogP contribution in [0, 0.1) is 0 Å². The van der Waals surface area contributed by atoms with Crippen molar-refractivity contribution in [2.75, 3.05) is 5.73 Å². The molecule has 0 spiro atoms. The van der Waals surface area contributed by atoms with Crippen LogP contribution in [0.25, 0.3) is 0 Å². The van der Waals surface area contributed by atoms with Crippen LogP contribution in [-0.2, 0) is 6.42 Å². The van der Waals surface area contributed by atoms with E-state index in [9.17, 15) is 0 Å². The third kappa shape index (κ3) is 1.60. The van der Waals surface area contributed by atoms with Crippen molar-refractivity contribution >= 4 is 17.0 Å². The molecular weight excluding hydrogens is 178 g/mol. The summed E-state index contributed by atoms with van der Waals surface area (Å²) < 4.78 is 0. The van der Waals surface area contributed by atoms with Gasteiger partial charge in [-0.25, -0.2) is 0 Å². The minimum Gasteiger partial charge on any atom is -0.398 e. The molecule has 0 radical (unpaired) electrons. The lowest BCUT2D eigenvalue weighted by Crippen LogP contribution is -1.98. The molecule has 1 nitrogen and oxygen atoms in total. The topological polar surface area (TPSA) is 26.0 Å². The predicted octanol–water partition coefficient (Wildman–Crippen LogP) is 3.55. The van der Waals surface area contributed by atoms with E-state index in [2.05, 4.69) is 12.3 Å². The van der Waals surface area contributed by atoms with Crippen molar-refractivity contribution in [3.05, 3.63) is 15.8 Å². The fraction of sp³-hybridized carbons (Fsp3) is 0.636. The number of hydrogen-bond donors (Lipinski definition) is 1. The summed E-state index contributed by atoms with van der Waals surface area (Å²) in [7, 11) is 0. The van der Waals surface area contributed by atoms with Gasteiger partial charge in [-0.2, -0.15) is 0 Å². The van der Waals surface area contributed by atoms with Gasteiger partial charge in [-0.05, 0) is 30.7 Å². The highest BCUT2D eigenvalue weighted by atomic mass is 32.1. The molecule has 1 aromatic heterocycles. The Bertz CT molecular complexity index is 284. The number of thiophene rings is 1. The SMILES string of the molecule is CCc1scc(N)c1C1CCCC1. The smallest absolute Gasteiger partial charge is 0.0461 e. The molecule has 72 valence electrons. The van der Waals surface area contributed by atoms with Gasteiger partial charge in [-0.1, -0.05) is 19.8 Å². The molecule has 1 heterocycles. The third-order valence-electron chi connectivity index (χ3n) is 3.02. The van der Waals surface area contributed by atoms with E-state index in [1.54, 1.807) is 0 Å². The number of aryl methyl sites for hydroxylation is 1. The lowest BCUT2D eigenvalue weighted by Gasteiger charge is -2.10. The molecule has 1 aliphatic rings. The Morgan fingerprint density at radius 1 is 1.46 bits per heavy atom. The number of nitrogen functional groups attached to an aromatic ring is 1. The first kappa shape index (κ1) is 9.07. The molecule has 1 saturated carbocycles. The van der Waals surface area contributed by atoms with Crippen molar-refractivity contribution in [1.29, 1.82) is 0 Å². The molecule has 0 amide bonds. The Hall–Kier alpha value is -0.500. The molecule has 2 heteroatoms. The monoisotopic (exact) mass is 195 g/mol. The van der Waals surface area contributed by atoms with Crippen LogP contribution in [0.3, 0.4) is 0 Å². The summed E-state index contributed by atoms with van der Waals surface area (Å²) in [6, 6.07) is 0. The zero-order valence-corrected chi connectivity index (χ0v) is 8.99. The highest BCUT2D eigenvalue weighted by molar-refractivity contribution is 7.10. The molecule has 1 fully saturated rings. The van der Waals surface area contributed by atoms with Gasteiger partial charge in [0, 0.05) is 15.9 Å². The maximum atomic E-state index is 6.01. The van der Waals surface area contributed by atoms with Gasteiger partial charge in [0.15, 0.2) is 0 Å². The van der Waals surface area contributed by atoms with Crippen molar-refractivity contribution in [2.24, 2.45) is 0 Å². The standard InChI is InChI=1S/C11H17NS/c1-2-10-11(9(12)7-13-10)8-5-3-4-6-8/h7-8H,2-6,12H2,1H3. The van der Waals surface area contributed by atoms with Gasteiger partial charge in [0.2, 0.25) is 0 Å². The Morgan fingerprint density at radius 2 is 2.15 bits per heavy atom. The second-order valence-corrected chi connectivity index (χ2v) is 4.83. The van der Waals surface area contributed by atoms with Gasteiger partial charge >= 0.3 is 0 Å². The van der Waals surface area contributed by atoms with Gasteiger partial charge in [0.05, 0.1) is 0 Å². The third-order valence-corrected chi connectivity index (χ3v) is 4.19. The Kier molecular flexibility index (Phi) is 2.58. The normalized spacial score (nSPS) is 18.2. The van der Waals surface area contributed by atoms with Gasteiger partial charge in [0.1, 0.15) is 0 Å². The van der Waals surface area contributed by atoms with Crippen molar-refractivity contribution in [3.63, 3.8) is 0 Å². The van der Waals surface area contributed by atoms with Crippen LogP contribution in [0.5, 0.6) is 0 Å². The second-order valence-electron chi connectivity index (χ2n) is 3.86. The van der Waals surface area contributed by atoms with Crippen LogP contribution in [0.4, 0.5) is 5.69 Å². The van der Waals surface area contributed by atoms with E-state index < -0.39 is 0 Å². The van der Waals surface area contributed by atoms with Crippen LogP contribution in [0.1, 0.15) is 49.0 Å². The van der Waals surface area contributed by atoms with E-state index in [0.717, 1.165) is 18.0 Å². The highest BCUT2D eigenvalue weighted by Gasteiger charge is 2.22. The fourth-order valence-electron chi connectivity index (χ4n) is 2.37. The summed E-state index contributed by atoms with van der Waals surface area (Å²) >= 11 is 1.84. The zero-order chi connectivity index (χ0) is 9.26. The molecule has 13 heavy (non-hydrogen) atoms. The second kappa shape index (κ2) is 3.70. The summed E-state index contributed by atoms with van der Waals surface area (Å²) in [5, 5.41) is 2.12. The molecule has 2 N–H and O–H groups in total. The van der Waals surface area contributed by atoms with E-state index in [4.69, 9.17) is 5.73 Å². The molecule has 2 rings (SSSR count). The van der Waals surface area contributed by atoms with Gasteiger partial charge in [0.25, 0.3) is 0 Å². The van der Waals surface area contributed by atoms with Gasteiger partial charge in [-0.15, -0.1) is 11.3 Å². The summed E-state index contributed by atoms with van der Waals surface area (Å²) in [4.78, 5) is 1.52. The van der Waals surface area contributed by atoms with Crippen LogP contribution < -0.4 is 5.73 Å². The van der Waals surface area contributed by atoms with E-state index >= 15 is 0 Å². The Morgan fingerprint density at radius 3 is 2.77 bits per heavy atom. The summed E-state index contributed by atoms with van der Waals surface area (Å²) in [6.45, 7) is 2.23. The number of hydrogen-bond acceptors (Lipinski definition) is 2. The molecule has 0 saturated heterocycles. The maximum Gasteiger partial charge on any atom is 0.0461 e. The minimum atomic E-state index is 0.779. The molecule has 0 bridgehead atoms. The summed E-state index contributed by atoms with van der Waals surface area (Å²) in [5.41, 5.74) is 8.55. The Labute approximate surface area is 84.0 Å². The first-order valence-corrected chi connectivity index (χ1v) is 6.06. The van der Waals surface area contributed by atoms with Crippen molar-refractivity contribution < 1.29 is 0 Å². The first-order chi connectivity index (χ1) is 6.33. The van der Waals surface area contributed by atoms with Crippen molar-refractivity contribution in [3.8, 4) is 0 Å². The van der Waals surface area contributed by atoms with E-state index in [1.807, 2.05) is 11.3 Å². The van der Waals surface area contributed by atoms with Gasteiger partial charge < -0.3 is 5.73 Å². The molecule has 1 aliphatic carbocycles. The average Bonchev–Trinajstić information content (AvgIpc) is 2.72. The molecule has 0 unspecified atom stereocenters. The fourth-order valence-corrected chi connectivity index (χ4v) is 3.35. The quantitative estimate of drug-likeness (QED) is 0.767. The van der Waals surface area contributed by atoms with Crippen LogP contribution >= 0.6 is 11.3 Å². The van der Waals surface area contributed by atoms with E-state index in [1.165, 1.54) is 36.1 Å². The van der Waals surface area contributed by atoms with Crippen LogP contribution in [-0.4, -0.2) is 0 Å². The van der Waals surface area contributed by atoms with Crippen molar-refractivity contribution in [1.82, 2.24) is 0 Å². The molecule has 1 aromatic rings. The number of anilines is 1. The van der Waals surface area contributed by atoms with Crippen molar-refractivity contribution in [2.45, 2.75) is 44.9 Å². The molecule has 0 aliphatic heterocycles. The molecule has 0 aromatic carbocycles. The number of nitrogens with two attached hydrogens (primary N) is 1. The van der Waals surface area contributed by atoms with Crippen LogP contribution in [0.15, 0.2) is 5.38 Å². The largest absolute Gasteiger partial charge is 0.398 e. The minimum absolute atomic E-state index is 0.779. The van der Waals surface area contributed by atoms with Gasteiger partial charge in [-0.3, -0.25) is 0 Å². The van der Waals surface area contributed by atoms with E-state index in [-0.39, 0.29) is 0 Å².